The summed E-state index contributed by atoms with van der Waals surface area (Å²) in [6.07, 6.45) is 4.00. The Morgan fingerprint density at radius 2 is 2.38 bits per heavy atom. The molecule has 1 amide bonds. The van der Waals surface area contributed by atoms with Gasteiger partial charge in [0.05, 0.1) is 11.2 Å². The standard InChI is InChI=1S/C15H23ClN4O/c1-10-5-4-6-20(9-10)11(2)7-18-15(21)14-13(16)8-17-12(3)19-14/h8,10-11H,4-7,9H2,1-3H3,(H,18,21)/t10-,11-/m1/s1. The van der Waals surface area contributed by atoms with E-state index < -0.39 is 0 Å². The Kier molecular flexibility index (Phi) is 5.53. The molecule has 6 heteroatoms. The number of aryl methyl sites for hydroxylation is 1. The number of carbonyl (C=O) groups excluding carboxylic acids is 1. The van der Waals surface area contributed by atoms with E-state index in [2.05, 4.69) is 34.0 Å². The van der Waals surface area contributed by atoms with Crippen molar-refractivity contribution in [2.45, 2.75) is 39.7 Å². The molecular weight excluding hydrogens is 288 g/mol. The summed E-state index contributed by atoms with van der Waals surface area (Å²) in [4.78, 5) is 22.7. The fourth-order valence-electron chi connectivity index (χ4n) is 2.69. The highest BCUT2D eigenvalue weighted by molar-refractivity contribution is 6.33. The molecule has 2 rings (SSSR count). The SMILES string of the molecule is Cc1ncc(Cl)c(C(=O)NC[C@@H](C)N2CCC[C@@H](C)C2)n1. The molecule has 1 fully saturated rings. The third-order valence-electron chi connectivity index (χ3n) is 3.95. The summed E-state index contributed by atoms with van der Waals surface area (Å²) >= 11 is 5.98. The summed E-state index contributed by atoms with van der Waals surface area (Å²) in [6.45, 7) is 8.97. The summed E-state index contributed by atoms with van der Waals surface area (Å²) in [6, 6.07) is 0.318. The third kappa shape index (κ3) is 4.38. The van der Waals surface area contributed by atoms with Gasteiger partial charge in [-0.15, -0.1) is 0 Å². The van der Waals surface area contributed by atoms with Crippen molar-refractivity contribution < 1.29 is 4.79 Å². The van der Waals surface area contributed by atoms with Crippen LogP contribution in [0, 0.1) is 12.8 Å². The topological polar surface area (TPSA) is 58.1 Å². The highest BCUT2D eigenvalue weighted by Crippen LogP contribution is 2.17. The highest BCUT2D eigenvalue weighted by atomic mass is 35.5. The van der Waals surface area contributed by atoms with Gasteiger partial charge >= 0.3 is 0 Å². The Hall–Kier alpha value is -1.20. The molecule has 1 aromatic rings. The summed E-state index contributed by atoms with van der Waals surface area (Å²) in [5.74, 6) is 1.04. The second-order valence-electron chi connectivity index (χ2n) is 5.92. The zero-order valence-electron chi connectivity index (χ0n) is 12.9. The molecule has 2 heterocycles. The number of hydrogen-bond donors (Lipinski definition) is 1. The van der Waals surface area contributed by atoms with Gasteiger partial charge in [0.15, 0.2) is 0 Å². The summed E-state index contributed by atoms with van der Waals surface area (Å²) in [5, 5.41) is 3.21. The molecule has 0 aromatic carbocycles. The zero-order valence-corrected chi connectivity index (χ0v) is 13.7. The van der Waals surface area contributed by atoms with Crippen molar-refractivity contribution >= 4 is 17.5 Å². The number of rotatable bonds is 4. The van der Waals surface area contributed by atoms with Gasteiger partial charge in [0, 0.05) is 19.1 Å². The number of nitrogens with zero attached hydrogens (tertiary/aromatic N) is 3. The summed E-state index contributed by atoms with van der Waals surface area (Å²) in [7, 11) is 0. The van der Waals surface area contributed by atoms with E-state index in [1.54, 1.807) is 6.92 Å². The lowest BCUT2D eigenvalue weighted by molar-refractivity contribution is 0.0912. The Balaban J connectivity index is 1.90. The molecule has 1 aliphatic rings. The van der Waals surface area contributed by atoms with E-state index in [4.69, 9.17) is 11.6 Å². The van der Waals surface area contributed by atoms with E-state index in [1.165, 1.54) is 19.0 Å². The number of nitrogens with one attached hydrogen (secondary N) is 1. The van der Waals surface area contributed by atoms with E-state index in [-0.39, 0.29) is 16.6 Å². The van der Waals surface area contributed by atoms with Crippen LogP contribution in [0.5, 0.6) is 0 Å². The van der Waals surface area contributed by atoms with Gasteiger partial charge in [-0.05, 0) is 39.2 Å². The summed E-state index contributed by atoms with van der Waals surface area (Å²) < 4.78 is 0. The predicted molar refractivity (Wildman–Crippen MR) is 83.5 cm³/mol. The van der Waals surface area contributed by atoms with Gasteiger partial charge < -0.3 is 5.32 Å². The van der Waals surface area contributed by atoms with E-state index in [1.807, 2.05) is 0 Å². The lowest BCUT2D eigenvalue weighted by atomic mass is 9.99. The number of hydrogen-bond acceptors (Lipinski definition) is 4. The first-order valence-electron chi connectivity index (χ1n) is 7.48. The molecule has 0 spiro atoms. The minimum atomic E-state index is -0.234. The van der Waals surface area contributed by atoms with Gasteiger partial charge in [0.2, 0.25) is 0 Å². The lowest BCUT2D eigenvalue weighted by Gasteiger charge is -2.35. The maximum Gasteiger partial charge on any atom is 0.271 e. The molecule has 0 saturated carbocycles. The van der Waals surface area contributed by atoms with Gasteiger partial charge in [-0.3, -0.25) is 9.69 Å². The van der Waals surface area contributed by atoms with Crippen molar-refractivity contribution in [3.63, 3.8) is 0 Å². The van der Waals surface area contributed by atoms with E-state index in [0.717, 1.165) is 19.0 Å². The van der Waals surface area contributed by atoms with Crippen molar-refractivity contribution in [3.8, 4) is 0 Å². The fraction of sp³-hybridized carbons (Fsp3) is 0.667. The number of amides is 1. The van der Waals surface area contributed by atoms with Crippen LogP contribution in [0.25, 0.3) is 0 Å². The number of piperidine rings is 1. The maximum atomic E-state index is 12.2. The molecule has 116 valence electrons. The first-order valence-corrected chi connectivity index (χ1v) is 7.86. The molecular formula is C15H23ClN4O. The molecule has 1 aliphatic heterocycles. The molecule has 0 radical (unpaired) electrons. The largest absolute Gasteiger partial charge is 0.349 e. The molecule has 1 N–H and O–H groups in total. The van der Waals surface area contributed by atoms with Gasteiger partial charge in [-0.1, -0.05) is 18.5 Å². The second kappa shape index (κ2) is 7.18. The van der Waals surface area contributed by atoms with Crippen molar-refractivity contribution in [3.05, 3.63) is 22.7 Å². The van der Waals surface area contributed by atoms with Crippen LogP contribution in [-0.2, 0) is 0 Å². The Bertz CT molecular complexity index is 508. The Morgan fingerprint density at radius 1 is 1.62 bits per heavy atom. The average Bonchev–Trinajstić information content (AvgIpc) is 2.47. The third-order valence-corrected chi connectivity index (χ3v) is 4.23. The normalized spacial score (nSPS) is 21.0. The molecule has 5 nitrogen and oxygen atoms in total. The molecule has 0 bridgehead atoms. The van der Waals surface area contributed by atoms with Crippen molar-refractivity contribution in [2.24, 2.45) is 5.92 Å². The predicted octanol–water partition coefficient (Wildman–Crippen LogP) is 2.29. The lowest BCUT2D eigenvalue weighted by Crippen LogP contribution is -2.46. The maximum absolute atomic E-state index is 12.2. The Labute approximate surface area is 131 Å². The van der Waals surface area contributed by atoms with Gasteiger partial charge in [0.25, 0.3) is 5.91 Å². The van der Waals surface area contributed by atoms with E-state index in [0.29, 0.717) is 18.4 Å². The van der Waals surface area contributed by atoms with Crippen LogP contribution in [0.15, 0.2) is 6.20 Å². The van der Waals surface area contributed by atoms with E-state index >= 15 is 0 Å². The van der Waals surface area contributed by atoms with Crippen LogP contribution in [0.4, 0.5) is 0 Å². The van der Waals surface area contributed by atoms with E-state index in [9.17, 15) is 4.79 Å². The van der Waals surface area contributed by atoms with Crippen molar-refractivity contribution in [2.75, 3.05) is 19.6 Å². The smallest absolute Gasteiger partial charge is 0.271 e. The number of likely N-dealkylation sites (tertiary alicyclic amines) is 1. The van der Waals surface area contributed by atoms with Crippen LogP contribution in [0.2, 0.25) is 5.02 Å². The molecule has 0 aliphatic carbocycles. The van der Waals surface area contributed by atoms with Crippen LogP contribution in [0.3, 0.4) is 0 Å². The number of carbonyl (C=O) groups is 1. The minimum absolute atomic E-state index is 0.234. The van der Waals surface area contributed by atoms with Gasteiger partial charge in [-0.2, -0.15) is 0 Å². The monoisotopic (exact) mass is 310 g/mol. The molecule has 0 unspecified atom stereocenters. The second-order valence-corrected chi connectivity index (χ2v) is 6.32. The van der Waals surface area contributed by atoms with Crippen LogP contribution in [0.1, 0.15) is 43.0 Å². The Morgan fingerprint density at radius 3 is 3.10 bits per heavy atom. The average molecular weight is 311 g/mol. The molecule has 21 heavy (non-hydrogen) atoms. The van der Waals surface area contributed by atoms with Gasteiger partial charge in [-0.25, -0.2) is 9.97 Å². The van der Waals surface area contributed by atoms with Crippen molar-refractivity contribution in [1.82, 2.24) is 20.2 Å². The number of halogens is 1. The van der Waals surface area contributed by atoms with Gasteiger partial charge in [0.1, 0.15) is 11.5 Å². The highest BCUT2D eigenvalue weighted by Gasteiger charge is 2.22. The van der Waals surface area contributed by atoms with Crippen molar-refractivity contribution in [1.29, 1.82) is 0 Å². The first kappa shape index (κ1) is 16.2. The van der Waals surface area contributed by atoms with Crippen LogP contribution >= 0.6 is 11.6 Å². The quantitative estimate of drug-likeness (QED) is 0.927. The van der Waals surface area contributed by atoms with Crippen LogP contribution < -0.4 is 5.32 Å². The summed E-state index contributed by atoms with van der Waals surface area (Å²) in [5.41, 5.74) is 0.253. The first-order chi connectivity index (χ1) is 9.97. The minimum Gasteiger partial charge on any atom is -0.349 e. The molecule has 1 saturated heterocycles. The zero-order chi connectivity index (χ0) is 15.4. The number of aromatic nitrogens is 2. The molecule has 2 atom stereocenters. The fourth-order valence-corrected chi connectivity index (χ4v) is 2.87. The van der Waals surface area contributed by atoms with Crippen LogP contribution in [-0.4, -0.2) is 46.5 Å². The molecule has 1 aromatic heterocycles.